The summed E-state index contributed by atoms with van der Waals surface area (Å²) < 4.78 is 0. The van der Waals surface area contributed by atoms with Crippen molar-refractivity contribution in [1.82, 2.24) is 9.97 Å². The molecule has 1 heterocycles. The van der Waals surface area contributed by atoms with Crippen LogP contribution in [0.4, 0.5) is 5.69 Å². The van der Waals surface area contributed by atoms with Crippen molar-refractivity contribution in [2.45, 2.75) is 25.7 Å². The van der Waals surface area contributed by atoms with Crippen LogP contribution >= 0.6 is 11.6 Å². The molecule has 0 bridgehead atoms. The van der Waals surface area contributed by atoms with Crippen LogP contribution in [0.5, 0.6) is 0 Å². The van der Waals surface area contributed by atoms with E-state index in [9.17, 15) is 4.79 Å². The number of hydrogen-bond donors (Lipinski definition) is 1. The maximum absolute atomic E-state index is 12.1. The average molecular weight is 288 g/mol. The lowest BCUT2D eigenvalue weighted by atomic mass is 10.2. The van der Waals surface area contributed by atoms with Gasteiger partial charge in [-0.15, -0.1) is 0 Å². The van der Waals surface area contributed by atoms with Crippen LogP contribution in [0.1, 0.15) is 40.5 Å². The van der Waals surface area contributed by atoms with Crippen molar-refractivity contribution >= 4 is 23.2 Å². The Morgan fingerprint density at radius 1 is 1.30 bits per heavy atom. The summed E-state index contributed by atoms with van der Waals surface area (Å²) >= 11 is 6.03. The number of aromatic nitrogens is 2. The fourth-order valence-corrected chi connectivity index (χ4v) is 2.12. The van der Waals surface area contributed by atoms with E-state index in [0.717, 1.165) is 24.2 Å². The molecule has 1 amide bonds. The van der Waals surface area contributed by atoms with E-state index in [0.29, 0.717) is 22.2 Å². The Morgan fingerprint density at radius 2 is 2.00 bits per heavy atom. The van der Waals surface area contributed by atoms with Gasteiger partial charge in [-0.05, 0) is 37.5 Å². The second kappa shape index (κ2) is 5.21. The fraction of sp³-hybridized carbons (Fsp3) is 0.267. The molecule has 0 aliphatic heterocycles. The van der Waals surface area contributed by atoms with E-state index < -0.39 is 0 Å². The maximum Gasteiger partial charge on any atom is 0.258 e. The molecule has 0 unspecified atom stereocenters. The number of carbonyl (C=O) groups is 1. The van der Waals surface area contributed by atoms with E-state index in [2.05, 4.69) is 15.3 Å². The Balaban J connectivity index is 1.76. The van der Waals surface area contributed by atoms with E-state index in [4.69, 9.17) is 11.6 Å². The molecule has 1 aromatic heterocycles. The van der Waals surface area contributed by atoms with Crippen molar-refractivity contribution in [3.8, 4) is 0 Å². The molecule has 102 valence electrons. The summed E-state index contributed by atoms with van der Waals surface area (Å²) in [7, 11) is 0. The predicted molar refractivity (Wildman–Crippen MR) is 78.1 cm³/mol. The maximum atomic E-state index is 12.1. The van der Waals surface area contributed by atoms with E-state index in [-0.39, 0.29) is 5.91 Å². The minimum atomic E-state index is -0.224. The summed E-state index contributed by atoms with van der Waals surface area (Å²) in [5.41, 5.74) is 2.00. The van der Waals surface area contributed by atoms with Gasteiger partial charge in [0, 0.05) is 29.0 Å². The summed E-state index contributed by atoms with van der Waals surface area (Å²) in [6.45, 7) is 1.87. The van der Waals surface area contributed by atoms with Crippen molar-refractivity contribution in [2.24, 2.45) is 0 Å². The number of hydrogen-bond acceptors (Lipinski definition) is 3. The molecule has 0 radical (unpaired) electrons. The molecular formula is C15H14ClN3O. The van der Waals surface area contributed by atoms with Crippen molar-refractivity contribution in [3.63, 3.8) is 0 Å². The van der Waals surface area contributed by atoms with Crippen molar-refractivity contribution in [3.05, 3.63) is 52.6 Å². The van der Waals surface area contributed by atoms with E-state index >= 15 is 0 Å². The molecule has 0 spiro atoms. The molecule has 0 saturated heterocycles. The van der Waals surface area contributed by atoms with Crippen LogP contribution in [0, 0.1) is 6.92 Å². The van der Waals surface area contributed by atoms with Gasteiger partial charge in [-0.1, -0.05) is 17.7 Å². The third-order valence-corrected chi connectivity index (χ3v) is 3.80. The number of carbonyl (C=O) groups excluding carboxylic acids is 1. The molecule has 1 aliphatic carbocycles. The van der Waals surface area contributed by atoms with Gasteiger partial charge in [-0.2, -0.15) is 0 Å². The quantitative estimate of drug-likeness (QED) is 0.939. The van der Waals surface area contributed by atoms with Crippen LogP contribution in [0.3, 0.4) is 0 Å². The van der Waals surface area contributed by atoms with Gasteiger partial charge < -0.3 is 5.32 Å². The van der Waals surface area contributed by atoms with Crippen LogP contribution < -0.4 is 5.32 Å². The van der Waals surface area contributed by atoms with Crippen molar-refractivity contribution in [1.29, 1.82) is 0 Å². The Morgan fingerprint density at radius 3 is 2.65 bits per heavy atom. The Kier molecular flexibility index (Phi) is 3.40. The van der Waals surface area contributed by atoms with Crippen LogP contribution in [0.15, 0.2) is 30.6 Å². The number of rotatable bonds is 3. The smallest absolute Gasteiger partial charge is 0.258 e. The Hall–Kier alpha value is -1.94. The zero-order valence-electron chi connectivity index (χ0n) is 11.1. The molecular weight excluding hydrogens is 274 g/mol. The van der Waals surface area contributed by atoms with Crippen LogP contribution in [0.25, 0.3) is 0 Å². The number of amides is 1. The first-order valence-electron chi connectivity index (χ1n) is 6.53. The van der Waals surface area contributed by atoms with E-state index in [1.54, 1.807) is 24.5 Å². The summed E-state index contributed by atoms with van der Waals surface area (Å²) in [6, 6.07) is 5.41. The number of nitrogens with one attached hydrogen (secondary N) is 1. The summed E-state index contributed by atoms with van der Waals surface area (Å²) in [4.78, 5) is 20.6. The topological polar surface area (TPSA) is 54.9 Å². The summed E-state index contributed by atoms with van der Waals surface area (Å²) in [6.07, 6.45) is 5.45. The summed E-state index contributed by atoms with van der Waals surface area (Å²) in [5, 5.41) is 3.46. The number of halogens is 1. The van der Waals surface area contributed by atoms with Crippen molar-refractivity contribution in [2.75, 3.05) is 5.32 Å². The van der Waals surface area contributed by atoms with Crippen LogP contribution in [0.2, 0.25) is 5.02 Å². The first-order chi connectivity index (χ1) is 9.65. The molecule has 1 saturated carbocycles. The monoisotopic (exact) mass is 287 g/mol. The lowest BCUT2D eigenvalue weighted by Gasteiger charge is -2.09. The standard InChI is InChI=1S/C15H14ClN3O/c1-9-12(16)3-2-4-13(9)19-15(20)11-7-17-14(18-8-11)10-5-6-10/h2-4,7-8,10H,5-6H2,1H3,(H,19,20). The predicted octanol–water partition coefficient (Wildman–Crippen LogP) is 3.57. The van der Waals surface area contributed by atoms with Crippen LogP contribution in [-0.4, -0.2) is 15.9 Å². The molecule has 4 nitrogen and oxygen atoms in total. The van der Waals surface area contributed by atoms with E-state index in [1.165, 1.54) is 0 Å². The molecule has 1 N–H and O–H groups in total. The Labute approximate surface area is 122 Å². The molecule has 20 heavy (non-hydrogen) atoms. The number of nitrogens with zero attached hydrogens (tertiary/aromatic N) is 2. The molecule has 1 aromatic carbocycles. The lowest BCUT2D eigenvalue weighted by Crippen LogP contribution is -2.14. The van der Waals surface area contributed by atoms with Crippen LogP contribution in [-0.2, 0) is 0 Å². The van der Waals surface area contributed by atoms with Gasteiger partial charge in [0.2, 0.25) is 0 Å². The van der Waals surface area contributed by atoms with Gasteiger partial charge in [0.25, 0.3) is 5.91 Å². The largest absolute Gasteiger partial charge is 0.322 e. The highest BCUT2D eigenvalue weighted by atomic mass is 35.5. The highest BCUT2D eigenvalue weighted by molar-refractivity contribution is 6.31. The minimum Gasteiger partial charge on any atom is -0.322 e. The second-order valence-electron chi connectivity index (χ2n) is 4.97. The normalized spacial score (nSPS) is 14.1. The van der Waals surface area contributed by atoms with Gasteiger partial charge in [-0.3, -0.25) is 4.79 Å². The van der Waals surface area contributed by atoms with Gasteiger partial charge in [0.1, 0.15) is 5.82 Å². The zero-order valence-corrected chi connectivity index (χ0v) is 11.8. The molecule has 3 rings (SSSR count). The van der Waals surface area contributed by atoms with Gasteiger partial charge >= 0.3 is 0 Å². The fourth-order valence-electron chi connectivity index (χ4n) is 1.94. The molecule has 1 aliphatic rings. The highest BCUT2D eigenvalue weighted by Crippen LogP contribution is 2.37. The van der Waals surface area contributed by atoms with Gasteiger partial charge in [-0.25, -0.2) is 9.97 Å². The second-order valence-corrected chi connectivity index (χ2v) is 5.38. The third kappa shape index (κ3) is 2.65. The molecule has 5 heteroatoms. The van der Waals surface area contributed by atoms with E-state index in [1.807, 2.05) is 13.0 Å². The molecule has 1 fully saturated rings. The molecule has 2 aromatic rings. The number of benzene rings is 1. The Bertz CT molecular complexity index is 651. The molecule has 0 atom stereocenters. The first-order valence-corrected chi connectivity index (χ1v) is 6.91. The third-order valence-electron chi connectivity index (χ3n) is 3.39. The lowest BCUT2D eigenvalue weighted by molar-refractivity contribution is 0.102. The van der Waals surface area contributed by atoms with Gasteiger partial charge in [0.05, 0.1) is 5.56 Å². The van der Waals surface area contributed by atoms with Crippen molar-refractivity contribution < 1.29 is 4.79 Å². The van der Waals surface area contributed by atoms with Gasteiger partial charge in [0.15, 0.2) is 0 Å². The zero-order chi connectivity index (χ0) is 14.1. The SMILES string of the molecule is Cc1c(Cl)cccc1NC(=O)c1cnc(C2CC2)nc1. The minimum absolute atomic E-state index is 0.224. The summed E-state index contributed by atoms with van der Waals surface area (Å²) in [5.74, 6) is 1.10. The number of anilines is 1. The highest BCUT2D eigenvalue weighted by Gasteiger charge is 2.26. The first kappa shape index (κ1) is 13.1. The average Bonchev–Trinajstić information content (AvgIpc) is 3.29.